The van der Waals surface area contributed by atoms with Crippen LogP contribution < -0.4 is 0 Å². The van der Waals surface area contributed by atoms with Gasteiger partial charge in [0.05, 0.1) is 12.7 Å². The maximum Gasteiger partial charge on any atom is 0.161 e. The zero-order valence-corrected chi connectivity index (χ0v) is 7.25. The van der Waals surface area contributed by atoms with Gasteiger partial charge >= 0.3 is 0 Å². The number of rotatable bonds is 1. The molecule has 2 saturated heterocycles. The number of hydrogen-bond donors (Lipinski definition) is 0. The van der Waals surface area contributed by atoms with Crippen molar-refractivity contribution in [1.82, 2.24) is 0 Å². The average molecular weight is 156 g/mol. The van der Waals surface area contributed by atoms with Crippen molar-refractivity contribution < 1.29 is 9.47 Å². The number of ether oxygens (including phenoxy) is 2. The molecule has 2 aliphatic heterocycles. The van der Waals surface area contributed by atoms with E-state index in [1.165, 1.54) is 12.8 Å². The Kier molecular flexibility index (Phi) is 1.90. The second-order valence-electron chi connectivity index (χ2n) is 3.95. The van der Waals surface area contributed by atoms with Crippen molar-refractivity contribution >= 4 is 0 Å². The van der Waals surface area contributed by atoms with Crippen LogP contribution in [0.25, 0.3) is 0 Å². The SMILES string of the molecule is CC(C)C1CCC2COC1O2. The molecule has 0 aliphatic carbocycles. The molecule has 0 spiro atoms. The van der Waals surface area contributed by atoms with E-state index in [1.54, 1.807) is 0 Å². The first-order valence-electron chi connectivity index (χ1n) is 4.54. The second kappa shape index (κ2) is 2.76. The Labute approximate surface area is 67.9 Å². The van der Waals surface area contributed by atoms with Crippen LogP contribution in [0.2, 0.25) is 0 Å². The molecule has 0 radical (unpaired) electrons. The van der Waals surface area contributed by atoms with Crippen LogP contribution >= 0.6 is 0 Å². The lowest BCUT2D eigenvalue weighted by Gasteiger charge is -2.29. The third-order valence-electron chi connectivity index (χ3n) is 2.80. The molecular weight excluding hydrogens is 140 g/mol. The van der Waals surface area contributed by atoms with E-state index in [-0.39, 0.29) is 6.29 Å². The van der Waals surface area contributed by atoms with Crippen molar-refractivity contribution in [1.29, 1.82) is 0 Å². The summed E-state index contributed by atoms with van der Waals surface area (Å²) in [5.41, 5.74) is 0. The van der Waals surface area contributed by atoms with Crippen molar-refractivity contribution in [3.05, 3.63) is 0 Å². The van der Waals surface area contributed by atoms with E-state index < -0.39 is 0 Å². The highest BCUT2D eigenvalue weighted by Gasteiger charge is 2.38. The van der Waals surface area contributed by atoms with Crippen LogP contribution in [0.4, 0.5) is 0 Å². The third-order valence-corrected chi connectivity index (χ3v) is 2.80. The smallest absolute Gasteiger partial charge is 0.161 e. The van der Waals surface area contributed by atoms with Gasteiger partial charge in [-0.15, -0.1) is 0 Å². The van der Waals surface area contributed by atoms with Gasteiger partial charge in [0.25, 0.3) is 0 Å². The molecular formula is C9H16O2. The minimum atomic E-state index is 0.119. The Morgan fingerprint density at radius 2 is 2.09 bits per heavy atom. The van der Waals surface area contributed by atoms with Crippen LogP contribution in [-0.2, 0) is 9.47 Å². The predicted octanol–water partition coefficient (Wildman–Crippen LogP) is 1.79. The Balaban J connectivity index is 2.01. The van der Waals surface area contributed by atoms with Gasteiger partial charge in [-0.3, -0.25) is 0 Å². The monoisotopic (exact) mass is 156 g/mol. The van der Waals surface area contributed by atoms with E-state index in [0.29, 0.717) is 17.9 Å². The van der Waals surface area contributed by atoms with Gasteiger partial charge in [0.1, 0.15) is 0 Å². The molecule has 0 N–H and O–H groups in total. The van der Waals surface area contributed by atoms with E-state index in [2.05, 4.69) is 13.8 Å². The largest absolute Gasteiger partial charge is 0.350 e. The minimum Gasteiger partial charge on any atom is -0.350 e. The summed E-state index contributed by atoms with van der Waals surface area (Å²) in [6.45, 7) is 5.32. The summed E-state index contributed by atoms with van der Waals surface area (Å²) >= 11 is 0. The standard InChI is InChI=1S/C9H16O2/c1-6(2)8-4-3-7-5-10-9(8)11-7/h6-9H,3-5H2,1-2H3. The first-order chi connectivity index (χ1) is 5.27. The first kappa shape index (κ1) is 7.56. The Bertz CT molecular complexity index is 144. The van der Waals surface area contributed by atoms with E-state index in [1.807, 2.05) is 0 Å². The van der Waals surface area contributed by atoms with E-state index in [9.17, 15) is 0 Å². The maximum absolute atomic E-state index is 5.65. The molecule has 2 rings (SSSR count). The molecule has 0 aromatic rings. The van der Waals surface area contributed by atoms with E-state index in [4.69, 9.17) is 9.47 Å². The molecule has 0 amide bonds. The summed E-state index contributed by atoms with van der Waals surface area (Å²) in [6, 6.07) is 0. The van der Waals surface area contributed by atoms with Gasteiger partial charge in [-0.1, -0.05) is 13.8 Å². The van der Waals surface area contributed by atoms with Crippen molar-refractivity contribution in [2.75, 3.05) is 6.61 Å². The molecule has 2 heterocycles. The molecule has 0 aromatic heterocycles. The lowest BCUT2D eigenvalue weighted by atomic mass is 9.88. The van der Waals surface area contributed by atoms with Gasteiger partial charge in [-0.05, 0) is 18.8 Å². The quantitative estimate of drug-likeness (QED) is 0.576. The first-order valence-corrected chi connectivity index (χ1v) is 4.54. The highest BCUT2D eigenvalue weighted by atomic mass is 16.7. The summed E-state index contributed by atoms with van der Waals surface area (Å²) in [5.74, 6) is 1.33. The number of fused-ring (bicyclic) bond motifs is 2. The van der Waals surface area contributed by atoms with Crippen LogP contribution in [0.5, 0.6) is 0 Å². The van der Waals surface area contributed by atoms with Crippen LogP contribution in [0.3, 0.4) is 0 Å². The molecule has 11 heavy (non-hydrogen) atoms. The fourth-order valence-electron chi connectivity index (χ4n) is 2.01. The summed E-state index contributed by atoms with van der Waals surface area (Å²) in [5, 5.41) is 0. The molecule has 64 valence electrons. The van der Waals surface area contributed by atoms with E-state index >= 15 is 0 Å². The summed E-state index contributed by atoms with van der Waals surface area (Å²) < 4.78 is 11.2. The van der Waals surface area contributed by atoms with Gasteiger partial charge in [-0.25, -0.2) is 0 Å². The van der Waals surface area contributed by atoms with Gasteiger partial charge in [0.15, 0.2) is 6.29 Å². The minimum absolute atomic E-state index is 0.119. The highest BCUT2D eigenvalue weighted by molar-refractivity contribution is 4.80. The third kappa shape index (κ3) is 1.30. The van der Waals surface area contributed by atoms with E-state index in [0.717, 1.165) is 6.61 Å². The van der Waals surface area contributed by atoms with Crippen LogP contribution in [0, 0.1) is 11.8 Å². The molecule has 0 aromatic carbocycles. The highest BCUT2D eigenvalue weighted by Crippen LogP contribution is 2.35. The summed E-state index contributed by atoms with van der Waals surface area (Å²) in [4.78, 5) is 0. The Morgan fingerprint density at radius 3 is 2.82 bits per heavy atom. The van der Waals surface area contributed by atoms with Gasteiger partial charge in [-0.2, -0.15) is 0 Å². The molecule has 3 atom stereocenters. The van der Waals surface area contributed by atoms with Crippen LogP contribution in [0.1, 0.15) is 26.7 Å². The lowest BCUT2D eigenvalue weighted by molar-refractivity contribution is -0.131. The summed E-state index contributed by atoms with van der Waals surface area (Å²) in [6.07, 6.45) is 3.01. The van der Waals surface area contributed by atoms with Crippen molar-refractivity contribution in [2.45, 2.75) is 39.1 Å². The predicted molar refractivity (Wildman–Crippen MR) is 42.2 cm³/mol. The summed E-state index contributed by atoms with van der Waals surface area (Å²) in [7, 11) is 0. The topological polar surface area (TPSA) is 18.5 Å². The number of hydrogen-bond acceptors (Lipinski definition) is 2. The Hall–Kier alpha value is -0.0800. The van der Waals surface area contributed by atoms with Crippen molar-refractivity contribution in [3.63, 3.8) is 0 Å². The zero-order chi connectivity index (χ0) is 7.84. The molecule has 0 saturated carbocycles. The van der Waals surface area contributed by atoms with Crippen molar-refractivity contribution in [3.8, 4) is 0 Å². The molecule has 2 fully saturated rings. The second-order valence-corrected chi connectivity index (χ2v) is 3.95. The molecule has 2 bridgehead atoms. The molecule has 2 heteroatoms. The fraction of sp³-hybridized carbons (Fsp3) is 1.00. The average Bonchev–Trinajstić information content (AvgIpc) is 2.32. The van der Waals surface area contributed by atoms with Crippen LogP contribution in [0.15, 0.2) is 0 Å². The van der Waals surface area contributed by atoms with Gasteiger partial charge in [0, 0.05) is 5.92 Å². The van der Waals surface area contributed by atoms with Gasteiger partial charge < -0.3 is 9.47 Å². The zero-order valence-electron chi connectivity index (χ0n) is 7.25. The maximum atomic E-state index is 5.65. The van der Waals surface area contributed by atoms with Crippen molar-refractivity contribution in [2.24, 2.45) is 11.8 Å². The fourth-order valence-corrected chi connectivity index (χ4v) is 2.01. The normalized spacial score (nSPS) is 43.4. The lowest BCUT2D eigenvalue weighted by Crippen LogP contribution is -2.31. The van der Waals surface area contributed by atoms with Gasteiger partial charge in [0.2, 0.25) is 0 Å². The molecule has 3 unspecified atom stereocenters. The van der Waals surface area contributed by atoms with Crippen LogP contribution in [-0.4, -0.2) is 19.0 Å². The molecule has 2 aliphatic rings. The molecule has 2 nitrogen and oxygen atoms in total. The Morgan fingerprint density at radius 1 is 1.27 bits per heavy atom.